The number of fused-ring (bicyclic) bond motifs is 1. The first-order valence-corrected chi connectivity index (χ1v) is 10.0. The Morgan fingerprint density at radius 2 is 1.81 bits per heavy atom. The predicted octanol–water partition coefficient (Wildman–Crippen LogP) is 2.25. The topological polar surface area (TPSA) is 75.0 Å². The van der Waals surface area contributed by atoms with Crippen LogP contribution in [0.3, 0.4) is 0 Å². The van der Waals surface area contributed by atoms with Crippen LogP contribution in [-0.4, -0.2) is 53.6 Å². The maximum atomic E-state index is 12.9. The van der Waals surface area contributed by atoms with Crippen LogP contribution in [0, 0.1) is 0 Å². The molecule has 142 valence electrons. The van der Waals surface area contributed by atoms with Crippen LogP contribution in [0.5, 0.6) is 0 Å². The van der Waals surface area contributed by atoms with Gasteiger partial charge in [0.05, 0.1) is 23.3 Å². The van der Waals surface area contributed by atoms with Crippen LogP contribution in [0.4, 0.5) is 0 Å². The van der Waals surface area contributed by atoms with Gasteiger partial charge < -0.3 is 9.30 Å². The van der Waals surface area contributed by atoms with Crippen LogP contribution >= 0.6 is 0 Å². The van der Waals surface area contributed by atoms with Crippen LogP contribution in [0.1, 0.15) is 23.0 Å². The zero-order valence-electron chi connectivity index (χ0n) is 15.5. The summed E-state index contributed by atoms with van der Waals surface area (Å²) in [5.74, 6) is -0.155. The summed E-state index contributed by atoms with van der Waals surface area (Å²) in [6.45, 7) is 2.85. The second-order valence-corrected chi connectivity index (χ2v) is 8.46. The van der Waals surface area contributed by atoms with Gasteiger partial charge >= 0.3 is 0 Å². The summed E-state index contributed by atoms with van der Waals surface area (Å²) in [6.07, 6.45) is 3.68. The molecule has 1 amide bonds. The first-order valence-electron chi connectivity index (χ1n) is 8.57. The van der Waals surface area contributed by atoms with Gasteiger partial charge in [-0.3, -0.25) is 4.79 Å². The standard InChI is InChI=1S/C19H22N4O3S/c1-4-22(14-16-13-20-18-7-5-6-12-23(16)18)19(24)15-8-10-17(11-9-15)27(25,26)21(2)3/h5-13H,4,14H2,1-3H3. The molecule has 0 fully saturated rings. The van der Waals surface area contributed by atoms with Crippen LogP contribution in [-0.2, 0) is 16.6 Å². The molecule has 0 saturated heterocycles. The fourth-order valence-corrected chi connectivity index (χ4v) is 3.69. The number of amides is 1. The molecule has 0 bridgehead atoms. The van der Waals surface area contributed by atoms with E-state index in [2.05, 4.69) is 4.98 Å². The van der Waals surface area contributed by atoms with E-state index in [1.807, 2.05) is 35.7 Å². The van der Waals surface area contributed by atoms with Crippen molar-refractivity contribution in [2.24, 2.45) is 0 Å². The maximum absolute atomic E-state index is 12.9. The molecule has 3 rings (SSSR count). The highest BCUT2D eigenvalue weighted by Gasteiger charge is 2.20. The summed E-state index contributed by atoms with van der Waals surface area (Å²) in [4.78, 5) is 19.1. The van der Waals surface area contributed by atoms with Crippen molar-refractivity contribution in [3.63, 3.8) is 0 Å². The normalized spacial score (nSPS) is 11.9. The second-order valence-electron chi connectivity index (χ2n) is 6.31. The molecule has 3 aromatic rings. The second kappa shape index (κ2) is 7.50. The minimum absolute atomic E-state index is 0.155. The SMILES string of the molecule is CCN(Cc1cnc2ccccn12)C(=O)c1ccc(S(=O)(=O)N(C)C)cc1. The zero-order valence-corrected chi connectivity index (χ0v) is 16.3. The van der Waals surface area contributed by atoms with Gasteiger partial charge in [-0.2, -0.15) is 0 Å². The summed E-state index contributed by atoms with van der Waals surface area (Å²) >= 11 is 0. The Labute approximate surface area is 158 Å². The van der Waals surface area contributed by atoms with E-state index in [1.165, 1.54) is 26.2 Å². The van der Waals surface area contributed by atoms with Crippen molar-refractivity contribution < 1.29 is 13.2 Å². The number of sulfonamides is 1. The van der Waals surface area contributed by atoms with E-state index in [0.29, 0.717) is 18.7 Å². The van der Waals surface area contributed by atoms with E-state index in [1.54, 1.807) is 23.2 Å². The molecule has 2 heterocycles. The third kappa shape index (κ3) is 3.72. The molecule has 8 heteroatoms. The fraction of sp³-hybridized carbons (Fsp3) is 0.263. The van der Waals surface area contributed by atoms with E-state index in [-0.39, 0.29) is 10.8 Å². The lowest BCUT2D eigenvalue weighted by Crippen LogP contribution is -2.31. The molecule has 0 aliphatic rings. The van der Waals surface area contributed by atoms with Crippen LogP contribution < -0.4 is 0 Å². The van der Waals surface area contributed by atoms with Crippen LogP contribution in [0.15, 0.2) is 59.8 Å². The fourth-order valence-electron chi connectivity index (χ4n) is 2.79. The molecule has 0 atom stereocenters. The minimum Gasteiger partial charge on any atom is -0.333 e. The van der Waals surface area contributed by atoms with Crippen molar-refractivity contribution >= 4 is 21.6 Å². The van der Waals surface area contributed by atoms with E-state index in [4.69, 9.17) is 0 Å². The smallest absolute Gasteiger partial charge is 0.254 e. The highest BCUT2D eigenvalue weighted by Crippen LogP contribution is 2.16. The van der Waals surface area contributed by atoms with Crippen molar-refractivity contribution in [1.29, 1.82) is 0 Å². The summed E-state index contributed by atoms with van der Waals surface area (Å²) < 4.78 is 27.4. The molecule has 27 heavy (non-hydrogen) atoms. The minimum atomic E-state index is -3.51. The highest BCUT2D eigenvalue weighted by molar-refractivity contribution is 7.89. The molecular formula is C19H22N4O3S. The molecular weight excluding hydrogens is 364 g/mol. The average Bonchev–Trinajstić information content (AvgIpc) is 3.08. The summed E-state index contributed by atoms with van der Waals surface area (Å²) in [5, 5.41) is 0. The molecule has 0 aliphatic carbocycles. The third-order valence-electron chi connectivity index (χ3n) is 4.40. The molecule has 1 aromatic carbocycles. The van der Waals surface area contributed by atoms with Gasteiger partial charge in [-0.1, -0.05) is 6.07 Å². The largest absolute Gasteiger partial charge is 0.333 e. The lowest BCUT2D eigenvalue weighted by atomic mass is 10.2. The highest BCUT2D eigenvalue weighted by atomic mass is 32.2. The van der Waals surface area contributed by atoms with Gasteiger partial charge in [0, 0.05) is 32.4 Å². The number of imidazole rings is 1. The van der Waals surface area contributed by atoms with Gasteiger partial charge in [0.2, 0.25) is 10.0 Å². The molecule has 0 radical (unpaired) electrons. The monoisotopic (exact) mass is 386 g/mol. The number of aromatic nitrogens is 2. The van der Waals surface area contributed by atoms with Crippen molar-refractivity contribution in [1.82, 2.24) is 18.6 Å². The number of hydrogen-bond donors (Lipinski definition) is 0. The number of carbonyl (C=O) groups is 1. The molecule has 2 aromatic heterocycles. The lowest BCUT2D eigenvalue weighted by molar-refractivity contribution is 0.0750. The lowest BCUT2D eigenvalue weighted by Gasteiger charge is -2.21. The quantitative estimate of drug-likeness (QED) is 0.651. The van der Waals surface area contributed by atoms with Crippen LogP contribution in [0.25, 0.3) is 5.65 Å². The van der Waals surface area contributed by atoms with Gasteiger partial charge in [0.25, 0.3) is 5.91 Å². The third-order valence-corrected chi connectivity index (χ3v) is 6.22. The summed E-state index contributed by atoms with van der Waals surface area (Å²) in [6, 6.07) is 11.8. The van der Waals surface area contributed by atoms with Crippen molar-refractivity contribution in [3.8, 4) is 0 Å². The van der Waals surface area contributed by atoms with Crippen molar-refractivity contribution in [3.05, 3.63) is 66.1 Å². The van der Waals surface area contributed by atoms with E-state index in [9.17, 15) is 13.2 Å². The van der Waals surface area contributed by atoms with Crippen LogP contribution in [0.2, 0.25) is 0 Å². The number of carbonyl (C=O) groups excluding carboxylic acids is 1. The first-order chi connectivity index (χ1) is 12.8. The van der Waals surface area contributed by atoms with Crippen molar-refractivity contribution in [2.45, 2.75) is 18.4 Å². The maximum Gasteiger partial charge on any atom is 0.254 e. The average molecular weight is 386 g/mol. The molecule has 7 nitrogen and oxygen atoms in total. The zero-order chi connectivity index (χ0) is 19.6. The summed E-state index contributed by atoms with van der Waals surface area (Å²) in [5.41, 5.74) is 2.19. The number of pyridine rings is 1. The van der Waals surface area contributed by atoms with Crippen molar-refractivity contribution in [2.75, 3.05) is 20.6 Å². The Kier molecular flexibility index (Phi) is 5.29. The number of nitrogens with zero attached hydrogens (tertiary/aromatic N) is 4. The Hall–Kier alpha value is -2.71. The number of benzene rings is 1. The Bertz CT molecular complexity index is 1060. The van der Waals surface area contributed by atoms with Gasteiger partial charge in [0.15, 0.2) is 0 Å². The number of hydrogen-bond acceptors (Lipinski definition) is 4. The van der Waals surface area contributed by atoms with Gasteiger partial charge in [-0.15, -0.1) is 0 Å². The molecule has 0 spiro atoms. The van der Waals surface area contributed by atoms with Gasteiger partial charge in [0.1, 0.15) is 5.65 Å². The summed E-state index contributed by atoms with van der Waals surface area (Å²) in [7, 11) is -0.563. The Balaban J connectivity index is 1.83. The Morgan fingerprint density at radius 1 is 1.11 bits per heavy atom. The first kappa shape index (κ1) is 19.1. The Morgan fingerprint density at radius 3 is 2.44 bits per heavy atom. The van der Waals surface area contributed by atoms with E-state index < -0.39 is 10.0 Å². The van der Waals surface area contributed by atoms with Gasteiger partial charge in [-0.05, 0) is 43.3 Å². The molecule has 0 saturated carbocycles. The molecule has 0 N–H and O–H groups in total. The molecule has 0 aliphatic heterocycles. The number of rotatable bonds is 6. The molecule has 0 unspecified atom stereocenters. The predicted molar refractivity (Wildman–Crippen MR) is 103 cm³/mol. The van der Waals surface area contributed by atoms with Gasteiger partial charge in [-0.25, -0.2) is 17.7 Å². The van der Waals surface area contributed by atoms with E-state index >= 15 is 0 Å². The van der Waals surface area contributed by atoms with E-state index in [0.717, 1.165) is 15.6 Å².